The van der Waals surface area contributed by atoms with Crippen LogP contribution in [0.3, 0.4) is 0 Å². The summed E-state index contributed by atoms with van der Waals surface area (Å²) in [6.45, 7) is 4.03. The summed E-state index contributed by atoms with van der Waals surface area (Å²) in [5.41, 5.74) is 1.78. The molecule has 1 unspecified atom stereocenters. The van der Waals surface area contributed by atoms with Crippen LogP contribution in [0.1, 0.15) is 27.0 Å². The number of aryl methyl sites for hydroxylation is 2. The Labute approximate surface area is 105 Å². The molecule has 0 radical (unpaired) electrons. The van der Waals surface area contributed by atoms with Crippen LogP contribution in [0, 0.1) is 19.7 Å². The Bertz CT molecular complexity index is 519. The third-order valence-electron chi connectivity index (χ3n) is 2.76. The van der Waals surface area contributed by atoms with Crippen molar-refractivity contribution in [2.24, 2.45) is 0 Å². The third kappa shape index (κ3) is 2.93. The number of hydrogen-bond acceptors (Lipinski definition) is 2. The molecule has 17 heavy (non-hydrogen) atoms. The number of aliphatic hydroxyl groups is 1. The lowest BCUT2D eigenvalue weighted by molar-refractivity contribution is 0.178. The zero-order valence-corrected chi connectivity index (χ0v) is 10.7. The van der Waals surface area contributed by atoms with E-state index in [-0.39, 0.29) is 5.82 Å². The smallest absolute Gasteiger partial charge is 0.123 e. The van der Waals surface area contributed by atoms with Gasteiger partial charge in [-0.05, 0) is 43.2 Å². The minimum Gasteiger partial charge on any atom is -0.388 e. The molecule has 1 aromatic carbocycles. The van der Waals surface area contributed by atoms with Crippen LogP contribution in [0.4, 0.5) is 4.39 Å². The van der Waals surface area contributed by atoms with Crippen molar-refractivity contribution >= 4 is 11.3 Å². The van der Waals surface area contributed by atoms with Crippen molar-refractivity contribution in [3.63, 3.8) is 0 Å². The summed E-state index contributed by atoms with van der Waals surface area (Å²) < 4.78 is 13.0. The SMILES string of the molecule is Cc1cc(C(O)Cc2cccc(F)c2)c(C)s1. The molecule has 1 N–H and O–H groups in total. The second-order valence-corrected chi connectivity index (χ2v) is 5.68. The molecule has 0 spiro atoms. The first kappa shape index (κ1) is 12.3. The third-order valence-corrected chi connectivity index (χ3v) is 3.74. The summed E-state index contributed by atoms with van der Waals surface area (Å²) >= 11 is 1.68. The quantitative estimate of drug-likeness (QED) is 0.879. The largest absolute Gasteiger partial charge is 0.388 e. The minimum atomic E-state index is -0.554. The van der Waals surface area contributed by atoms with Gasteiger partial charge in [0.05, 0.1) is 6.10 Å². The molecule has 0 saturated heterocycles. The first-order valence-corrected chi connectivity index (χ1v) is 6.37. The van der Waals surface area contributed by atoms with E-state index in [2.05, 4.69) is 0 Å². The summed E-state index contributed by atoms with van der Waals surface area (Å²) in [5, 5.41) is 10.1. The number of halogens is 1. The van der Waals surface area contributed by atoms with Crippen molar-refractivity contribution in [2.75, 3.05) is 0 Å². The summed E-state index contributed by atoms with van der Waals surface area (Å²) in [6.07, 6.45) is -0.101. The van der Waals surface area contributed by atoms with Gasteiger partial charge in [-0.2, -0.15) is 0 Å². The molecular weight excluding hydrogens is 235 g/mol. The highest BCUT2D eigenvalue weighted by molar-refractivity contribution is 7.12. The van der Waals surface area contributed by atoms with Gasteiger partial charge in [-0.3, -0.25) is 0 Å². The van der Waals surface area contributed by atoms with Crippen molar-refractivity contribution in [3.05, 3.63) is 57.0 Å². The van der Waals surface area contributed by atoms with Gasteiger partial charge in [-0.15, -0.1) is 11.3 Å². The molecule has 1 heterocycles. The molecule has 2 rings (SSSR count). The molecule has 0 fully saturated rings. The Morgan fingerprint density at radius 2 is 2.06 bits per heavy atom. The second-order valence-electron chi connectivity index (χ2n) is 4.22. The van der Waals surface area contributed by atoms with Crippen molar-refractivity contribution in [2.45, 2.75) is 26.4 Å². The van der Waals surface area contributed by atoms with Crippen molar-refractivity contribution in [1.82, 2.24) is 0 Å². The summed E-state index contributed by atoms with van der Waals surface area (Å²) in [6, 6.07) is 8.39. The van der Waals surface area contributed by atoms with Gasteiger partial charge in [0.1, 0.15) is 5.82 Å². The first-order valence-electron chi connectivity index (χ1n) is 5.55. The number of thiophene rings is 1. The Balaban J connectivity index is 2.16. The monoisotopic (exact) mass is 250 g/mol. The lowest BCUT2D eigenvalue weighted by atomic mass is 10.0. The van der Waals surface area contributed by atoms with Gasteiger partial charge in [-0.1, -0.05) is 12.1 Å². The zero-order valence-electron chi connectivity index (χ0n) is 9.90. The molecule has 0 aliphatic heterocycles. The van der Waals surface area contributed by atoms with Gasteiger partial charge in [0.25, 0.3) is 0 Å². The average molecular weight is 250 g/mol. The molecule has 0 saturated carbocycles. The standard InChI is InChI=1S/C14H15FOS/c1-9-6-13(10(2)17-9)14(16)8-11-4-3-5-12(15)7-11/h3-7,14,16H,8H2,1-2H3. The molecule has 1 aromatic heterocycles. The van der Waals surface area contributed by atoms with Gasteiger partial charge in [-0.25, -0.2) is 4.39 Å². The van der Waals surface area contributed by atoms with Gasteiger partial charge in [0, 0.05) is 16.2 Å². The van der Waals surface area contributed by atoms with Gasteiger partial charge >= 0.3 is 0 Å². The molecule has 0 aliphatic carbocycles. The lowest BCUT2D eigenvalue weighted by Crippen LogP contribution is -2.02. The molecular formula is C14H15FOS. The molecule has 90 valence electrons. The van der Waals surface area contributed by atoms with E-state index in [4.69, 9.17) is 0 Å². The maximum atomic E-state index is 13.0. The van der Waals surface area contributed by atoms with Crippen molar-refractivity contribution in [3.8, 4) is 0 Å². The zero-order chi connectivity index (χ0) is 12.4. The van der Waals surface area contributed by atoms with Crippen LogP contribution in [0.25, 0.3) is 0 Å². The van der Waals surface area contributed by atoms with Crippen LogP contribution < -0.4 is 0 Å². The Morgan fingerprint density at radius 3 is 2.65 bits per heavy atom. The number of rotatable bonds is 3. The fourth-order valence-electron chi connectivity index (χ4n) is 1.98. The molecule has 0 amide bonds. The highest BCUT2D eigenvalue weighted by Gasteiger charge is 2.13. The maximum absolute atomic E-state index is 13.0. The first-order chi connectivity index (χ1) is 8.06. The van der Waals surface area contributed by atoms with E-state index < -0.39 is 6.10 Å². The molecule has 1 atom stereocenters. The number of hydrogen-bond donors (Lipinski definition) is 1. The maximum Gasteiger partial charge on any atom is 0.123 e. The van der Waals surface area contributed by atoms with E-state index in [1.165, 1.54) is 17.0 Å². The van der Waals surface area contributed by atoms with Crippen molar-refractivity contribution in [1.29, 1.82) is 0 Å². The van der Waals surface area contributed by atoms with Crippen LogP contribution in [0.5, 0.6) is 0 Å². The molecule has 3 heteroatoms. The van der Waals surface area contributed by atoms with E-state index in [1.807, 2.05) is 26.0 Å². The number of benzene rings is 1. The average Bonchev–Trinajstić information content (AvgIpc) is 2.58. The predicted molar refractivity (Wildman–Crippen MR) is 68.9 cm³/mol. The molecule has 0 bridgehead atoms. The number of aliphatic hydroxyl groups excluding tert-OH is 1. The molecule has 1 nitrogen and oxygen atoms in total. The Kier molecular flexibility index (Phi) is 3.60. The fourth-order valence-corrected chi connectivity index (χ4v) is 2.96. The van der Waals surface area contributed by atoms with Crippen molar-refractivity contribution < 1.29 is 9.50 Å². The highest BCUT2D eigenvalue weighted by atomic mass is 32.1. The fraction of sp³-hybridized carbons (Fsp3) is 0.286. The van der Waals surface area contributed by atoms with Gasteiger partial charge in [0.2, 0.25) is 0 Å². The van der Waals surface area contributed by atoms with E-state index in [0.29, 0.717) is 6.42 Å². The van der Waals surface area contributed by atoms with Gasteiger partial charge in [0.15, 0.2) is 0 Å². The van der Waals surface area contributed by atoms with E-state index in [0.717, 1.165) is 16.0 Å². The predicted octanol–water partition coefficient (Wildman–Crippen LogP) is 3.78. The summed E-state index contributed by atoms with van der Waals surface area (Å²) in [4.78, 5) is 2.32. The lowest BCUT2D eigenvalue weighted by Gasteiger charge is -2.10. The van der Waals surface area contributed by atoms with Gasteiger partial charge < -0.3 is 5.11 Å². The van der Waals surface area contributed by atoms with Crippen LogP contribution in [0.2, 0.25) is 0 Å². The Hall–Kier alpha value is -1.19. The Morgan fingerprint density at radius 1 is 1.29 bits per heavy atom. The second kappa shape index (κ2) is 4.98. The molecule has 2 aromatic rings. The van der Waals surface area contributed by atoms with E-state index in [1.54, 1.807) is 17.4 Å². The highest BCUT2D eigenvalue weighted by Crippen LogP contribution is 2.28. The van der Waals surface area contributed by atoms with E-state index >= 15 is 0 Å². The minimum absolute atomic E-state index is 0.257. The van der Waals surface area contributed by atoms with E-state index in [9.17, 15) is 9.50 Å². The normalized spacial score (nSPS) is 12.7. The topological polar surface area (TPSA) is 20.2 Å². The summed E-state index contributed by atoms with van der Waals surface area (Å²) in [7, 11) is 0. The van der Waals surface area contributed by atoms with Crippen LogP contribution in [0.15, 0.2) is 30.3 Å². The van der Waals surface area contributed by atoms with Crippen LogP contribution in [-0.2, 0) is 6.42 Å². The van der Waals surface area contributed by atoms with Crippen LogP contribution in [-0.4, -0.2) is 5.11 Å². The molecule has 0 aliphatic rings. The summed E-state index contributed by atoms with van der Waals surface area (Å²) in [5.74, 6) is -0.257. The van der Waals surface area contributed by atoms with Crippen LogP contribution >= 0.6 is 11.3 Å².